The van der Waals surface area contributed by atoms with Crippen molar-refractivity contribution in [2.24, 2.45) is 5.92 Å². The normalized spacial score (nSPS) is 24.4. The number of nitrogens with zero attached hydrogens (tertiary/aromatic N) is 2. The summed E-state index contributed by atoms with van der Waals surface area (Å²) < 4.78 is 25.5. The van der Waals surface area contributed by atoms with E-state index in [2.05, 4.69) is 5.32 Å². The molecule has 1 unspecified atom stereocenters. The summed E-state index contributed by atoms with van der Waals surface area (Å²) in [5.74, 6) is 1.00. The van der Waals surface area contributed by atoms with Crippen LogP contribution in [-0.2, 0) is 14.8 Å². The average Bonchev–Trinajstić information content (AvgIpc) is 2.98. The molecule has 6 nitrogen and oxygen atoms in total. The van der Waals surface area contributed by atoms with Crippen LogP contribution in [0.1, 0.15) is 32.6 Å². The fourth-order valence-corrected chi connectivity index (χ4v) is 4.54. The van der Waals surface area contributed by atoms with Crippen molar-refractivity contribution in [3.05, 3.63) is 0 Å². The van der Waals surface area contributed by atoms with Crippen molar-refractivity contribution in [3.8, 4) is 0 Å². The van der Waals surface area contributed by atoms with E-state index in [0.717, 1.165) is 25.9 Å². The fraction of sp³-hybridized carbons (Fsp3) is 0.929. The van der Waals surface area contributed by atoms with Crippen molar-refractivity contribution in [1.29, 1.82) is 0 Å². The summed E-state index contributed by atoms with van der Waals surface area (Å²) in [5, 5.41) is 3.31. The molecule has 2 aliphatic heterocycles. The zero-order valence-electron chi connectivity index (χ0n) is 12.9. The number of carbonyl (C=O) groups excluding carboxylic acids is 1. The molecule has 21 heavy (non-hydrogen) atoms. The maximum absolute atomic E-state index is 12.2. The lowest BCUT2D eigenvalue weighted by atomic mass is 10.0. The molecule has 1 amide bonds. The van der Waals surface area contributed by atoms with Crippen molar-refractivity contribution in [2.75, 3.05) is 45.0 Å². The van der Waals surface area contributed by atoms with Crippen LogP contribution in [0.4, 0.5) is 0 Å². The van der Waals surface area contributed by atoms with Crippen LogP contribution in [-0.4, -0.2) is 68.6 Å². The Balaban J connectivity index is 1.73. The van der Waals surface area contributed by atoms with Gasteiger partial charge in [0, 0.05) is 32.6 Å². The van der Waals surface area contributed by atoms with E-state index in [1.807, 2.05) is 11.8 Å². The number of hydrogen-bond acceptors (Lipinski definition) is 4. The van der Waals surface area contributed by atoms with Crippen LogP contribution < -0.4 is 5.32 Å². The minimum Gasteiger partial charge on any atom is -0.340 e. The Kier molecular flexibility index (Phi) is 6.01. The van der Waals surface area contributed by atoms with E-state index in [1.54, 1.807) is 0 Å². The van der Waals surface area contributed by atoms with Gasteiger partial charge in [-0.15, -0.1) is 0 Å². The molecule has 0 aliphatic carbocycles. The van der Waals surface area contributed by atoms with Crippen molar-refractivity contribution in [1.82, 2.24) is 14.5 Å². The van der Waals surface area contributed by atoms with Crippen molar-refractivity contribution < 1.29 is 13.2 Å². The Morgan fingerprint density at radius 3 is 2.52 bits per heavy atom. The van der Waals surface area contributed by atoms with Gasteiger partial charge in [-0.1, -0.05) is 6.92 Å². The summed E-state index contributed by atoms with van der Waals surface area (Å²) in [6, 6.07) is 0. The molecule has 0 bridgehead atoms. The summed E-state index contributed by atoms with van der Waals surface area (Å²) in [6.07, 6.45) is 3.33. The van der Waals surface area contributed by atoms with Gasteiger partial charge in [0.2, 0.25) is 15.9 Å². The Morgan fingerprint density at radius 2 is 1.95 bits per heavy atom. The highest BCUT2D eigenvalue weighted by Gasteiger charge is 2.28. The summed E-state index contributed by atoms with van der Waals surface area (Å²) in [4.78, 5) is 14.0. The molecule has 2 rings (SSSR count). The van der Waals surface area contributed by atoms with Crippen LogP contribution in [0.15, 0.2) is 0 Å². The van der Waals surface area contributed by atoms with E-state index in [9.17, 15) is 13.2 Å². The first-order valence-electron chi connectivity index (χ1n) is 7.99. The zero-order chi connectivity index (χ0) is 15.3. The molecule has 0 aromatic heterocycles. The van der Waals surface area contributed by atoms with E-state index in [4.69, 9.17) is 0 Å². The summed E-state index contributed by atoms with van der Waals surface area (Å²) in [6.45, 7) is 5.91. The van der Waals surface area contributed by atoms with Crippen molar-refractivity contribution in [2.45, 2.75) is 32.6 Å². The summed E-state index contributed by atoms with van der Waals surface area (Å²) >= 11 is 0. The van der Waals surface area contributed by atoms with E-state index >= 15 is 0 Å². The molecule has 122 valence electrons. The number of sulfonamides is 1. The quantitative estimate of drug-likeness (QED) is 0.763. The van der Waals surface area contributed by atoms with Crippen LogP contribution in [0.2, 0.25) is 0 Å². The van der Waals surface area contributed by atoms with Gasteiger partial charge >= 0.3 is 0 Å². The Hall–Kier alpha value is -0.660. The lowest BCUT2D eigenvalue weighted by molar-refractivity contribution is -0.132. The smallest absolute Gasteiger partial charge is 0.222 e. The van der Waals surface area contributed by atoms with Crippen molar-refractivity contribution >= 4 is 15.9 Å². The number of amides is 1. The predicted molar refractivity (Wildman–Crippen MR) is 82.4 cm³/mol. The second-order valence-electron chi connectivity index (χ2n) is 5.99. The molecule has 0 aromatic rings. The fourth-order valence-electron chi connectivity index (χ4n) is 3.05. The molecule has 1 atom stereocenters. The molecule has 0 spiro atoms. The van der Waals surface area contributed by atoms with Crippen LogP contribution in [0.25, 0.3) is 0 Å². The van der Waals surface area contributed by atoms with Gasteiger partial charge in [0.15, 0.2) is 0 Å². The molecule has 7 heteroatoms. The monoisotopic (exact) mass is 317 g/mol. The first-order valence-corrected chi connectivity index (χ1v) is 9.60. The number of hydrogen-bond donors (Lipinski definition) is 1. The topological polar surface area (TPSA) is 69.7 Å². The summed E-state index contributed by atoms with van der Waals surface area (Å²) in [7, 11) is -3.12. The molecule has 2 fully saturated rings. The van der Waals surface area contributed by atoms with Crippen LogP contribution in [0.5, 0.6) is 0 Å². The Morgan fingerprint density at radius 1 is 1.24 bits per heavy atom. The maximum atomic E-state index is 12.2. The molecular formula is C14H27N3O3S. The molecule has 1 N–H and O–H groups in total. The van der Waals surface area contributed by atoms with Crippen LogP contribution in [0.3, 0.4) is 0 Å². The van der Waals surface area contributed by atoms with E-state index in [1.165, 1.54) is 4.31 Å². The number of carbonyl (C=O) groups is 1. The minimum atomic E-state index is -3.12. The van der Waals surface area contributed by atoms with E-state index in [0.29, 0.717) is 44.9 Å². The number of rotatable bonds is 6. The number of piperazine rings is 1. The third-order valence-electron chi connectivity index (χ3n) is 4.38. The third kappa shape index (κ3) is 4.66. The first-order chi connectivity index (χ1) is 10.0. The summed E-state index contributed by atoms with van der Waals surface area (Å²) in [5.41, 5.74) is 0. The Bertz CT molecular complexity index is 438. The maximum Gasteiger partial charge on any atom is 0.222 e. The predicted octanol–water partition coefficient (Wildman–Crippen LogP) is 0.260. The van der Waals surface area contributed by atoms with Gasteiger partial charge in [0.05, 0.1) is 5.75 Å². The molecule has 0 saturated carbocycles. The molecule has 0 aromatic carbocycles. The van der Waals surface area contributed by atoms with Crippen molar-refractivity contribution in [3.63, 3.8) is 0 Å². The molecule has 0 radical (unpaired) electrons. The van der Waals surface area contributed by atoms with Gasteiger partial charge in [-0.25, -0.2) is 8.42 Å². The Labute approximate surface area is 127 Å². The highest BCUT2D eigenvalue weighted by molar-refractivity contribution is 7.89. The molecule has 2 aliphatic rings. The SMILES string of the molecule is CCCS(=O)(=O)N1CCN(C(=O)CCC2CCNC2)CC1. The highest BCUT2D eigenvalue weighted by Crippen LogP contribution is 2.16. The molecular weight excluding hydrogens is 290 g/mol. The minimum absolute atomic E-state index is 0.175. The van der Waals surface area contributed by atoms with Gasteiger partial charge in [-0.05, 0) is 38.3 Å². The van der Waals surface area contributed by atoms with Gasteiger partial charge in [-0.2, -0.15) is 4.31 Å². The third-order valence-corrected chi connectivity index (χ3v) is 6.45. The largest absolute Gasteiger partial charge is 0.340 e. The van der Waals surface area contributed by atoms with Gasteiger partial charge in [0.25, 0.3) is 0 Å². The highest BCUT2D eigenvalue weighted by atomic mass is 32.2. The standard InChI is InChI=1S/C14H27N3O3S/c1-2-11-21(19,20)17-9-7-16(8-10-17)14(18)4-3-13-5-6-15-12-13/h13,15H,2-12H2,1H3. The molecule has 2 saturated heterocycles. The van der Waals surface area contributed by atoms with Crippen LogP contribution in [0, 0.1) is 5.92 Å². The lowest BCUT2D eigenvalue weighted by Gasteiger charge is -2.34. The lowest BCUT2D eigenvalue weighted by Crippen LogP contribution is -2.51. The van der Waals surface area contributed by atoms with E-state index < -0.39 is 10.0 Å². The average molecular weight is 317 g/mol. The second kappa shape index (κ2) is 7.56. The second-order valence-corrected chi connectivity index (χ2v) is 8.08. The van der Waals surface area contributed by atoms with Crippen LogP contribution >= 0.6 is 0 Å². The zero-order valence-corrected chi connectivity index (χ0v) is 13.7. The van der Waals surface area contributed by atoms with Gasteiger partial charge in [0.1, 0.15) is 0 Å². The van der Waals surface area contributed by atoms with Gasteiger partial charge < -0.3 is 10.2 Å². The molecule has 2 heterocycles. The van der Waals surface area contributed by atoms with E-state index in [-0.39, 0.29) is 11.7 Å². The number of nitrogens with one attached hydrogen (secondary N) is 1. The van der Waals surface area contributed by atoms with Gasteiger partial charge in [-0.3, -0.25) is 4.79 Å². The first kappa shape index (κ1) is 16.7.